The standard InChI is InChI=1S/C24H25ClN2O3S/c1-30-23-14-16-27(17-15-23)22-10-8-21(9-11-22)26-31(28,29)24-12-4-19(5-13-24)18-2-6-20(25)7-3-18/h2-13,23,26H,14-17H2,1H3. The van der Waals surface area contributed by atoms with E-state index in [0.717, 1.165) is 42.7 Å². The Morgan fingerprint density at radius 2 is 1.42 bits per heavy atom. The molecule has 4 rings (SSSR count). The molecule has 0 saturated carbocycles. The molecule has 0 atom stereocenters. The molecule has 162 valence electrons. The first-order valence-electron chi connectivity index (χ1n) is 10.2. The van der Waals surface area contributed by atoms with Crippen LogP contribution in [-0.4, -0.2) is 34.7 Å². The second-order valence-corrected chi connectivity index (χ2v) is 9.72. The van der Waals surface area contributed by atoms with Crippen molar-refractivity contribution < 1.29 is 13.2 Å². The maximum Gasteiger partial charge on any atom is 0.261 e. The van der Waals surface area contributed by atoms with Gasteiger partial charge in [-0.3, -0.25) is 4.72 Å². The predicted molar refractivity (Wildman–Crippen MR) is 126 cm³/mol. The van der Waals surface area contributed by atoms with E-state index in [1.165, 1.54) is 0 Å². The molecule has 0 aliphatic carbocycles. The predicted octanol–water partition coefficient (Wildman–Crippen LogP) is 5.42. The van der Waals surface area contributed by atoms with Crippen LogP contribution in [-0.2, 0) is 14.8 Å². The van der Waals surface area contributed by atoms with E-state index < -0.39 is 10.0 Å². The van der Waals surface area contributed by atoms with E-state index in [1.54, 1.807) is 43.5 Å². The average molecular weight is 457 g/mol. The van der Waals surface area contributed by atoms with E-state index in [2.05, 4.69) is 9.62 Å². The molecule has 31 heavy (non-hydrogen) atoms. The third kappa shape index (κ3) is 5.21. The van der Waals surface area contributed by atoms with Gasteiger partial charge in [0.1, 0.15) is 0 Å². The van der Waals surface area contributed by atoms with Gasteiger partial charge >= 0.3 is 0 Å². The Hall–Kier alpha value is -2.54. The largest absolute Gasteiger partial charge is 0.381 e. The Morgan fingerprint density at radius 1 is 0.871 bits per heavy atom. The zero-order valence-corrected chi connectivity index (χ0v) is 18.9. The number of hydrogen-bond acceptors (Lipinski definition) is 4. The van der Waals surface area contributed by atoms with Crippen LogP contribution in [0.25, 0.3) is 11.1 Å². The Labute approximate surface area is 188 Å². The monoisotopic (exact) mass is 456 g/mol. The van der Waals surface area contributed by atoms with Crippen molar-refractivity contribution >= 4 is 33.0 Å². The van der Waals surface area contributed by atoms with Crippen molar-refractivity contribution in [2.45, 2.75) is 23.8 Å². The maximum atomic E-state index is 12.8. The molecule has 0 amide bonds. The molecule has 0 spiro atoms. The average Bonchev–Trinajstić information content (AvgIpc) is 2.80. The molecule has 0 aromatic heterocycles. The van der Waals surface area contributed by atoms with Crippen LogP contribution in [0, 0.1) is 0 Å². The number of methoxy groups -OCH3 is 1. The van der Waals surface area contributed by atoms with Gasteiger partial charge in [0.15, 0.2) is 0 Å². The summed E-state index contributed by atoms with van der Waals surface area (Å²) < 4.78 is 33.7. The summed E-state index contributed by atoms with van der Waals surface area (Å²) in [7, 11) is -1.91. The van der Waals surface area contributed by atoms with Gasteiger partial charge in [-0.15, -0.1) is 0 Å². The summed E-state index contributed by atoms with van der Waals surface area (Å²) in [4.78, 5) is 2.51. The number of rotatable bonds is 6. The zero-order chi connectivity index (χ0) is 21.8. The summed E-state index contributed by atoms with van der Waals surface area (Å²) in [5.74, 6) is 0. The molecular weight excluding hydrogens is 432 g/mol. The van der Waals surface area contributed by atoms with E-state index in [4.69, 9.17) is 16.3 Å². The first kappa shape index (κ1) is 21.7. The van der Waals surface area contributed by atoms with Crippen LogP contribution in [0.1, 0.15) is 12.8 Å². The molecule has 1 aliphatic rings. The van der Waals surface area contributed by atoms with Crippen molar-refractivity contribution in [3.05, 3.63) is 77.8 Å². The van der Waals surface area contributed by atoms with Crippen LogP contribution < -0.4 is 9.62 Å². The minimum Gasteiger partial charge on any atom is -0.381 e. The summed E-state index contributed by atoms with van der Waals surface area (Å²) in [6.45, 7) is 1.87. The highest BCUT2D eigenvalue weighted by atomic mass is 35.5. The minimum absolute atomic E-state index is 0.218. The minimum atomic E-state index is -3.67. The summed E-state index contributed by atoms with van der Waals surface area (Å²) in [6.07, 6.45) is 2.32. The van der Waals surface area contributed by atoms with Crippen molar-refractivity contribution in [2.75, 3.05) is 29.8 Å². The molecule has 7 heteroatoms. The van der Waals surface area contributed by atoms with Crippen molar-refractivity contribution in [2.24, 2.45) is 0 Å². The topological polar surface area (TPSA) is 58.6 Å². The van der Waals surface area contributed by atoms with Gasteiger partial charge in [0.05, 0.1) is 11.0 Å². The molecule has 5 nitrogen and oxygen atoms in total. The summed E-state index contributed by atoms with van der Waals surface area (Å²) in [5.41, 5.74) is 3.53. The van der Waals surface area contributed by atoms with E-state index in [0.29, 0.717) is 16.8 Å². The van der Waals surface area contributed by atoms with Crippen LogP contribution in [0.3, 0.4) is 0 Å². The number of sulfonamides is 1. The number of benzene rings is 3. The van der Waals surface area contributed by atoms with E-state index in [-0.39, 0.29) is 4.90 Å². The van der Waals surface area contributed by atoms with Gasteiger partial charge in [0.25, 0.3) is 10.0 Å². The number of nitrogens with one attached hydrogen (secondary N) is 1. The van der Waals surface area contributed by atoms with Crippen LogP contribution in [0.5, 0.6) is 0 Å². The Morgan fingerprint density at radius 3 is 1.97 bits per heavy atom. The van der Waals surface area contributed by atoms with Gasteiger partial charge in [-0.05, 0) is 72.5 Å². The number of halogens is 1. The smallest absolute Gasteiger partial charge is 0.261 e. The Balaban J connectivity index is 1.43. The van der Waals surface area contributed by atoms with E-state index in [1.807, 2.05) is 36.4 Å². The maximum absolute atomic E-state index is 12.8. The summed E-state index contributed by atoms with van der Waals surface area (Å²) >= 11 is 5.93. The van der Waals surface area contributed by atoms with Crippen LogP contribution >= 0.6 is 11.6 Å². The van der Waals surface area contributed by atoms with Gasteiger partial charge in [-0.1, -0.05) is 35.9 Å². The molecule has 1 N–H and O–H groups in total. The molecule has 0 bridgehead atoms. The highest BCUT2D eigenvalue weighted by molar-refractivity contribution is 7.92. The van der Waals surface area contributed by atoms with Crippen LogP contribution in [0.15, 0.2) is 77.7 Å². The lowest BCUT2D eigenvalue weighted by Crippen LogP contribution is -2.36. The highest BCUT2D eigenvalue weighted by Gasteiger charge is 2.19. The van der Waals surface area contributed by atoms with Gasteiger partial charge in [0.2, 0.25) is 0 Å². The lowest BCUT2D eigenvalue weighted by molar-refractivity contribution is 0.0819. The Bertz CT molecular complexity index is 1110. The zero-order valence-electron chi connectivity index (χ0n) is 17.3. The van der Waals surface area contributed by atoms with Crippen molar-refractivity contribution in [1.29, 1.82) is 0 Å². The van der Waals surface area contributed by atoms with Crippen LogP contribution in [0.4, 0.5) is 11.4 Å². The number of anilines is 2. The van der Waals surface area contributed by atoms with Crippen molar-refractivity contribution in [3.63, 3.8) is 0 Å². The fourth-order valence-electron chi connectivity index (χ4n) is 3.77. The lowest BCUT2D eigenvalue weighted by Gasteiger charge is -2.33. The lowest BCUT2D eigenvalue weighted by atomic mass is 10.1. The first-order chi connectivity index (χ1) is 14.9. The normalized spacial score (nSPS) is 15.1. The van der Waals surface area contributed by atoms with Gasteiger partial charge in [-0.25, -0.2) is 8.42 Å². The van der Waals surface area contributed by atoms with E-state index in [9.17, 15) is 8.42 Å². The Kier molecular flexibility index (Phi) is 6.51. The number of nitrogens with zero attached hydrogens (tertiary/aromatic N) is 1. The third-order valence-corrected chi connectivity index (χ3v) is 7.25. The molecular formula is C24H25ClN2O3S. The van der Waals surface area contributed by atoms with Gasteiger partial charge in [-0.2, -0.15) is 0 Å². The van der Waals surface area contributed by atoms with Gasteiger partial charge < -0.3 is 9.64 Å². The highest BCUT2D eigenvalue weighted by Crippen LogP contribution is 2.26. The van der Waals surface area contributed by atoms with E-state index >= 15 is 0 Å². The fourth-order valence-corrected chi connectivity index (χ4v) is 4.96. The SMILES string of the molecule is COC1CCN(c2ccc(NS(=O)(=O)c3ccc(-c4ccc(Cl)cc4)cc3)cc2)CC1. The number of hydrogen-bond donors (Lipinski definition) is 1. The molecule has 1 saturated heterocycles. The quantitative estimate of drug-likeness (QED) is 0.537. The third-order valence-electron chi connectivity index (χ3n) is 5.60. The fraction of sp³-hybridized carbons (Fsp3) is 0.250. The molecule has 0 radical (unpaired) electrons. The molecule has 1 fully saturated rings. The molecule has 1 aliphatic heterocycles. The second kappa shape index (κ2) is 9.30. The summed E-state index contributed by atoms with van der Waals surface area (Å²) in [5, 5.41) is 0.664. The second-order valence-electron chi connectivity index (χ2n) is 7.61. The number of ether oxygens (including phenoxy) is 1. The van der Waals surface area contributed by atoms with Crippen molar-refractivity contribution in [3.8, 4) is 11.1 Å². The van der Waals surface area contributed by atoms with Crippen molar-refractivity contribution in [1.82, 2.24) is 0 Å². The number of piperidine rings is 1. The molecule has 0 unspecified atom stereocenters. The molecule has 1 heterocycles. The van der Waals surface area contributed by atoms with Crippen LogP contribution in [0.2, 0.25) is 5.02 Å². The first-order valence-corrected chi connectivity index (χ1v) is 12.1. The van der Waals surface area contributed by atoms with Gasteiger partial charge in [0, 0.05) is 36.6 Å². The summed E-state index contributed by atoms with van der Waals surface area (Å²) in [6, 6.07) is 21.8. The molecule has 3 aromatic carbocycles. The molecule has 3 aromatic rings.